The van der Waals surface area contributed by atoms with Gasteiger partial charge >= 0.3 is 0 Å². The summed E-state index contributed by atoms with van der Waals surface area (Å²) in [6.45, 7) is 5.55. The third-order valence-electron chi connectivity index (χ3n) is 8.77. The number of aromatic nitrogens is 1. The van der Waals surface area contributed by atoms with E-state index in [1.165, 1.54) is 21.1 Å². The maximum absolute atomic E-state index is 14.7. The Labute approximate surface area is 272 Å². The van der Waals surface area contributed by atoms with Crippen LogP contribution in [0.1, 0.15) is 89.4 Å². The lowest BCUT2D eigenvalue weighted by atomic mass is 9.81. The van der Waals surface area contributed by atoms with Gasteiger partial charge in [-0.3, -0.25) is 14.4 Å². The summed E-state index contributed by atoms with van der Waals surface area (Å²) in [6, 6.07) is 8.51. The molecule has 1 saturated carbocycles. The molecule has 10 nitrogen and oxygen atoms in total. The van der Waals surface area contributed by atoms with E-state index in [4.69, 9.17) is 5.73 Å². The Kier molecular flexibility index (Phi) is 14.3. The summed E-state index contributed by atoms with van der Waals surface area (Å²) < 4.78 is 0. The van der Waals surface area contributed by atoms with Crippen LogP contribution in [0.15, 0.2) is 35.7 Å². The summed E-state index contributed by atoms with van der Waals surface area (Å²) in [5.74, 6) is -1.53. The lowest BCUT2D eigenvalue weighted by molar-refractivity contribution is -0.151. The fraction of sp³-hybridized carbons (Fsp3) is 0.647. The number of rotatable bonds is 16. The molecule has 5 atom stereocenters. The molecule has 45 heavy (non-hydrogen) atoms. The van der Waals surface area contributed by atoms with Gasteiger partial charge in [0.2, 0.25) is 17.7 Å². The third kappa shape index (κ3) is 11.4. The van der Waals surface area contributed by atoms with Crippen LogP contribution in [0.5, 0.6) is 0 Å². The molecule has 3 rings (SSSR count). The van der Waals surface area contributed by atoms with Crippen LogP contribution in [0, 0.1) is 17.8 Å². The summed E-state index contributed by atoms with van der Waals surface area (Å²) in [7, 11) is 3.25. The lowest BCUT2D eigenvalue weighted by Gasteiger charge is -2.41. The molecule has 0 bridgehead atoms. The average molecular weight is 644 g/mol. The quantitative estimate of drug-likeness (QED) is 0.215. The predicted octanol–water partition coefficient (Wildman–Crippen LogP) is 4.18. The molecule has 0 radical (unpaired) electrons. The highest BCUT2D eigenvalue weighted by atomic mass is 32.1. The number of nitrogen functional groups attached to an aromatic ring is 1. The van der Waals surface area contributed by atoms with Crippen molar-refractivity contribution in [2.75, 3.05) is 26.4 Å². The van der Waals surface area contributed by atoms with Crippen LogP contribution in [0.25, 0.3) is 0 Å². The van der Waals surface area contributed by atoms with E-state index in [9.17, 15) is 24.6 Å². The first-order valence-corrected chi connectivity index (χ1v) is 17.1. The number of nitrogens with two attached hydrogens (primary N) is 1. The van der Waals surface area contributed by atoms with Crippen LogP contribution >= 0.6 is 11.3 Å². The monoisotopic (exact) mass is 643 g/mol. The molecular weight excluding hydrogens is 590 g/mol. The summed E-state index contributed by atoms with van der Waals surface area (Å²) in [6.07, 6.45) is 3.73. The maximum Gasteiger partial charge on any atom is 0.241 e. The zero-order chi connectivity index (χ0) is 33.1. The lowest BCUT2D eigenvalue weighted by Crippen LogP contribution is -2.56. The molecule has 1 fully saturated rings. The molecule has 1 aromatic carbocycles. The largest absolute Gasteiger partial charge is 0.390 e. The molecule has 11 heteroatoms. The number of likely N-dealkylation sites (N-methyl/N-ethyl adjacent to an activating group) is 1. The molecule has 0 aliphatic heterocycles. The molecule has 1 aliphatic carbocycles. The Bertz CT molecular complexity index is 1220. The van der Waals surface area contributed by atoms with Crippen LogP contribution in [0.2, 0.25) is 0 Å². The van der Waals surface area contributed by atoms with E-state index in [0.717, 1.165) is 37.7 Å². The topological polar surface area (TPSA) is 149 Å². The van der Waals surface area contributed by atoms with Gasteiger partial charge < -0.3 is 31.1 Å². The van der Waals surface area contributed by atoms with Crippen LogP contribution < -0.4 is 11.1 Å². The summed E-state index contributed by atoms with van der Waals surface area (Å²) >= 11 is 1.26. The van der Waals surface area contributed by atoms with E-state index in [0.29, 0.717) is 23.7 Å². The van der Waals surface area contributed by atoms with Gasteiger partial charge in [0.15, 0.2) is 5.13 Å². The van der Waals surface area contributed by atoms with Gasteiger partial charge in [-0.1, -0.05) is 76.3 Å². The number of hydrogen-bond donors (Lipinski definition) is 4. The first-order chi connectivity index (χ1) is 21.3. The molecular formula is C34H53N5O5S. The van der Waals surface area contributed by atoms with Crippen molar-refractivity contribution in [2.45, 2.75) is 103 Å². The van der Waals surface area contributed by atoms with E-state index in [2.05, 4.69) is 10.3 Å². The summed E-state index contributed by atoms with van der Waals surface area (Å²) in [5.41, 5.74) is 7.43. The number of anilines is 1. The highest BCUT2D eigenvalue weighted by Crippen LogP contribution is 2.32. The smallest absolute Gasteiger partial charge is 0.241 e. The number of nitrogens with one attached hydrogen (secondary N) is 1. The van der Waals surface area contributed by atoms with Gasteiger partial charge in [-0.05, 0) is 37.2 Å². The van der Waals surface area contributed by atoms with Crippen molar-refractivity contribution >= 4 is 34.2 Å². The van der Waals surface area contributed by atoms with Gasteiger partial charge in [-0.15, -0.1) is 11.3 Å². The number of carbonyl (C=O) groups is 3. The Balaban J connectivity index is 1.98. The van der Waals surface area contributed by atoms with Crippen molar-refractivity contribution in [3.05, 3.63) is 47.0 Å². The van der Waals surface area contributed by atoms with Gasteiger partial charge in [0.05, 0.1) is 29.8 Å². The molecule has 1 aliphatic rings. The predicted molar refractivity (Wildman–Crippen MR) is 178 cm³/mol. The van der Waals surface area contributed by atoms with Crippen molar-refractivity contribution in [1.29, 1.82) is 0 Å². The zero-order valence-corrected chi connectivity index (χ0v) is 28.3. The molecule has 3 amide bonds. The van der Waals surface area contributed by atoms with Crippen LogP contribution in [-0.2, 0) is 20.8 Å². The first-order valence-electron chi connectivity index (χ1n) is 16.3. The van der Waals surface area contributed by atoms with Gasteiger partial charge in [0.1, 0.15) is 12.6 Å². The third-order valence-corrected chi connectivity index (χ3v) is 9.49. The van der Waals surface area contributed by atoms with Gasteiger partial charge in [-0.2, -0.15) is 0 Å². The van der Waals surface area contributed by atoms with Gasteiger partial charge in [0.25, 0.3) is 0 Å². The number of benzene rings is 1. The molecule has 0 unspecified atom stereocenters. The fourth-order valence-electron chi connectivity index (χ4n) is 6.24. The number of thiazole rings is 1. The number of amides is 3. The van der Waals surface area contributed by atoms with Crippen molar-refractivity contribution in [1.82, 2.24) is 20.1 Å². The fourth-order valence-corrected chi connectivity index (χ4v) is 6.82. The molecule has 5 N–H and O–H groups in total. The Hall–Kier alpha value is -3.02. The molecule has 1 aromatic heterocycles. The second-order valence-electron chi connectivity index (χ2n) is 13.2. The van der Waals surface area contributed by atoms with E-state index in [-0.39, 0.29) is 49.1 Å². The number of hydrogen-bond acceptors (Lipinski definition) is 8. The van der Waals surface area contributed by atoms with E-state index in [1.54, 1.807) is 19.5 Å². The Morgan fingerprint density at radius 3 is 2.31 bits per heavy atom. The summed E-state index contributed by atoms with van der Waals surface area (Å²) in [5, 5.41) is 27.9. The number of aliphatic hydroxyl groups is 2. The molecule has 1 heterocycles. The molecule has 250 valence electrons. The second kappa shape index (κ2) is 17.6. The second-order valence-corrected chi connectivity index (χ2v) is 14.1. The normalized spacial score (nSPS) is 17.2. The van der Waals surface area contributed by atoms with E-state index < -0.39 is 30.1 Å². The standard InChI is InChI=1S/C34H53N5O5S/c1-22(2)16-29(40)32(43)28(17-24-12-8-6-9-13-24)39(20-31(42)38(4)5)33(44)26(18-27-21-45-34(35)37-27)19-30(41)36-23(3)25-14-10-7-11-15-25/h7,10-11,14-15,21-24,26,28-29,32,40,43H,6,8-9,12-13,16-20H2,1-5H3,(H2,35,37)(H,36,41)/t23-,26+,28-,29-,32+/m0/s1. The highest BCUT2D eigenvalue weighted by molar-refractivity contribution is 7.13. The van der Waals surface area contributed by atoms with E-state index >= 15 is 0 Å². The van der Waals surface area contributed by atoms with Crippen LogP contribution in [-0.4, -0.2) is 81.6 Å². The molecule has 2 aromatic rings. The SMILES string of the molecule is CC(C)C[C@H](O)[C@H](O)[C@H](CC1CCCCC1)N(CC(=O)N(C)C)C(=O)[C@@H](CC(=O)N[C@@H](C)c1ccccc1)Cc1csc(N)n1. The Morgan fingerprint density at radius 2 is 1.73 bits per heavy atom. The average Bonchev–Trinajstić information content (AvgIpc) is 3.42. The van der Waals surface area contributed by atoms with Gasteiger partial charge in [-0.25, -0.2) is 4.98 Å². The van der Waals surface area contributed by atoms with Crippen molar-refractivity contribution in [3.8, 4) is 0 Å². The van der Waals surface area contributed by atoms with Crippen molar-refractivity contribution in [3.63, 3.8) is 0 Å². The van der Waals surface area contributed by atoms with Gasteiger partial charge in [0, 0.05) is 32.3 Å². The first kappa shape index (κ1) is 36.4. The molecule has 0 spiro atoms. The van der Waals surface area contributed by atoms with Crippen molar-refractivity contribution in [2.24, 2.45) is 17.8 Å². The minimum absolute atomic E-state index is 0.121. The number of nitrogens with zero attached hydrogens (tertiary/aromatic N) is 3. The Morgan fingerprint density at radius 1 is 1.07 bits per heavy atom. The highest BCUT2D eigenvalue weighted by Gasteiger charge is 2.40. The van der Waals surface area contributed by atoms with E-state index in [1.807, 2.05) is 51.1 Å². The van der Waals surface area contributed by atoms with Crippen LogP contribution in [0.3, 0.4) is 0 Å². The molecule has 0 saturated heterocycles. The number of carbonyl (C=O) groups excluding carboxylic acids is 3. The van der Waals surface area contributed by atoms with Crippen LogP contribution in [0.4, 0.5) is 5.13 Å². The maximum atomic E-state index is 14.7. The zero-order valence-electron chi connectivity index (χ0n) is 27.5. The summed E-state index contributed by atoms with van der Waals surface area (Å²) in [4.78, 5) is 48.6. The minimum Gasteiger partial charge on any atom is -0.390 e. The van der Waals surface area contributed by atoms with Crippen molar-refractivity contribution < 1.29 is 24.6 Å². The minimum atomic E-state index is -1.25. The number of aliphatic hydroxyl groups excluding tert-OH is 2.